The van der Waals surface area contributed by atoms with E-state index in [0.29, 0.717) is 18.0 Å². The second-order valence-electron chi connectivity index (χ2n) is 12.0. The first kappa shape index (κ1) is 28.7. The van der Waals surface area contributed by atoms with Gasteiger partial charge in [-0.2, -0.15) is 5.10 Å². The predicted molar refractivity (Wildman–Crippen MR) is 147 cm³/mol. The molecule has 1 saturated heterocycles. The zero-order chi connectivity index (χ0) is 28.3. The highest BCUT2D eigenvalue weighted by molar-refractivity contribution is 5.94. The molecule has 2 aromatic rings. The molecule has 1 amide bonds. The van der Waals surface area contributed by atoms with E-state index in [0.717, 1.165) is 80.4 Å². The third-order valence-corrected chi connectivity index (χ3v) is 9.07. The van der Waals surface area contributed by atoms with E-state index in [1.807, 2.05) is 6.92 Å². The maximum Gasteiger partial charge on any atom is 0.274 e. The molecule has 1 saturated carbocycles. The Balaban J connectivity index is 1.13. The van der Waals surface area contributed by atoms with Gasteiger partial charge in [-0.1, -0.05) is 0 Å². The predicted octanol–water partition coefficient (Wildman–Crippen LogP) is 5.13. The largest absolute Gasteiger partial charge is 0.490 e. The van der Waals surface area contributed by atoms with Crippen LogP contribution in [0.2, 0.25) is 0 Å². The number of aliphatic hydroxyl groups excluding tert-OH is 1. The van der Waals surface area contributed by atoms with Crippen molar-refractivity contribution in [2.45, 2.75) is 102 Å². The van der Waals surface area contributed by atoms with Crippen molar-refractivity contribution < 1.29 is 28.2 Å². The summed E-state index contributed by atoms with van der Waals surface area (Å²) in [4.78, 5) is 28.0. The standard InChI is InChI=1S/C31H41F2N3O4/c1-21-18-23(32)9-13-28(21)40-25-11-7-22(8-12-25)6-10-24(38)19-36-27-5-3-2-4-26(27)29(34-36)30(39)35-16-14-31(33,20-37)15-17-35/h9,13,18,22,25,37H,2-8,10-12,14-17,19-20H2,1H3. The fourth-order valence-electron chi connectivity index (χ4n) is 6.47. The molecule has 3 aliphatic rings. The van der Waals surface area contributed by atoms with Crippen molar-refractivity contribution in [2.24, 2.45) is 5.92 Å². The first-order chi connectivity index (χ1) is 19.2. The van der Waals surface area contributed by atoms with Crippen molar-refractivity contribution in [3.05, 3.63) is 46.5 Å². The fraction of sp³-hybridized carbons (Fsp3) is 0.645. The number of hydrogen-bond acceptors (Lipinski definition) is 5. The van der Waals surface area contributed by atoms with E-state index in [4.69, 9.17) is 4.74 Å². The van der Waals surface area contributed by atoms with Crippen molar-refractivity contribution in [2.75, 3.05) is 19.7 Å². The first-order valence-electron chi connectivity index (χ1n) is 14.9. The van der Waals surface area contributed by atoms with Gasteiger partial charge in [0.15, 0.2) is 11.5 Å². The highest BCUT2D eigenvalue weighted by Crippen LogP contribution is 2.33. The zero-order valence-electron chi connectivity index (χ0n) is 23.5. The van der Waals surface area contributed by atoms with Gasteiger partial charge in [0.2, 0.25) is 0 Å². The number of aliphatic hydroxyl groups is 1. The number of ether oxygens (including phenoxy) is 1. The number of hydrogen-bond donors (Lipinski definition) is 1. The van der Waals surface area contributed by atoms with Crippen LogP contribution in [0.4, 0.5) is 8.78 Å². The van der Waals surface area contributed by atoms with Gasteiger partial charge in [-0.25, -0.2) is 8.78 Å². The molecule has 2 fully saturated rings. The number of ketones is 1. The van der Waals surface area contributed by atoms with Gasteiger partial charge < -0.3 is 14.7 Å². The molecule has 0 radical (unpaired) electrons. The van der Waals surface area contributed by atoms with Gasteiger partial charge >= 0.3 is 0 Å². The van der Waals surface area contributed by atoms with Crippen LogP contribution in [0.15, 0.2) is 18.2 Å². The summed E-state index contributed by atoms with van der Waals surface area (Å²) in [5.74, 6) is 0.882. The molecular formula is C31H41F2N3O4. The van der Waals surface area contributed by atoms with Crippen LogP contribution in [0, 0.1) is 18.7 Å². The fourth-order valence-corrected chi connectivity index (χ4v) is 6.47. The molecule has 0 bridgehead atoms. The van der Waals surface area contributed by atoms with E-state index >= 15 is 0 Å². The van der Waals surface area contributed by atoms with Crippen LogP contribution in [0.5, 0.6) is 5.75 Å². The Hall–Kier alpha value is -2.81. The number of carbonyl (C=O) groups is 2. The number of likely N-dealkylation sites (tertiary alicyclic amines) is 1. The summed E-state index contributed by atoms with van der Waals surface area (Å²) in [7, 11) is 0. The maximum atomic E-state index is 14.4. The Morgan fingerprint density at radius 3 is 2.55 bits per heavy atom. The van der Waals surface area contributed by atoms with Crippen molar-refractivity contribution in [1.29, 1.82) is 0 Å². The molecule has 1 aliphatic heterocycles. The summed E-state index contributed by atoms with van der Waals surface area (Å²) in [5.41, 5.74) is 1.53. The Morgan fingerprint density at radius 2 is 1.85 bits per heavy atom. The van der Waals surface area contributed by atoms with Crippen LogP contribution >= 0.6 is 0 Å². The summed E-state index contributed by atoms with van der Waals surface area (Å²) in [5, 5.41) is 13.9. The number of fused-ring (bicyclic) bond motifs is 1. The SMILES string of the molecule is Cc1cc(F)ccc1OC1CCC(CCC(=O)Cn2nc(C(=O)N3CCC(F)(CO)CC3)c3c2CCCC3)CC1. The number of piperidine rings is 1. The van der Waals surface area contributed by atoms with Crippen LogP contribution in [0.25, 0.3) is 0 Å². The number of benzene rings is 1. The van der Waals surface area contributed by atoms with E-state index in [1.54, 1.807) is 15.6 Å². The lowest BCUT2D eigenvalue weighted by Crippen LogP contribution is -2.46. The third kappa shape index (κ3) is 6.56. The summed E-state index contributed by atoms with van der Waals surface area (Å²) < 4.78 is 35.7. The van der Waals surface area contributed by atoms with Crippen molar-refractivity contribution in [3.8, 4) is 5.75 Å². The van der Waals surface area contributed by atoms with Crippen molar-refractivity contribution >= 4 is 11.7 Å². The third-order valence-electron chi connectivity index (χ3n) is 9.07. The first-order valence-corrected chi connectivity index (χ1v) is 14.9. The number of nitrogens with zero attached hydrogens (tertiary/aromatic N) is 3. The molecule has 2 aliphatic carbocycles. The summed E-state index contributed by atoms with van der Waals surface area (Å²) in [6.45, 7) is 2.02. The van der Waals surface area contributed by atoms with Gasteiger partial charge in [-0.05, 0) is 94.4 Å². The van der Waals surface area contributed by atoms with Gasteiger partial charge in [0.1, 0.15) is 17.2 Å². The van der Waals surface area contributed by atoms with Crippen LogP contribution in [-0.4, -0.2) is 62.9 Å². The zero-order valence-corrected chi connectivity index (χ0v) is 23.5. The van der Waals surface area contributed by atoms with E-state index in [9.17, 15) is 23.5 Å². The van der Waals surface area contributed by atoms with Gasteiger partial charge in [-0.15, -0.1) is 0 Å². The van der Waals surface area contributed by atoms with E-state index < -0.39 is 12.3 Å². The number of aromatic nitrogens is 2. The molecule has 5 rings (SSSR count). The van der Waals surface area contributed by atoms with Crippen molar-refractivity contribution in [3.63, 3.8) is 0 Å². The smallest absolute Gasteiger partial charge is 0.274 e. The second kappa shape index (κ2) is 12.4. The lowest BCUT2D eigenvalue weighted by molar-refractivity contribution is -0.120. The lowest BCUT2D eigenvalue weighted by atomic mass is 9.84. The van der Waals surface area contributed by atoms with Gasteiger partial charge in [0, 0.05) is 43.6 Å². The number of Topliss-reactive ketones (excluding diaryl/α,β-unsaturated/α-hetero) is 1. The topological polar surface area (TPSA) is 84.7 Å². The Morgan fingerprint density at radius 1 is 1.12 bits per heavy atom. The number of carbonyl (C=O) groups excluding carboxylic acids is 2. The van der Waals surface area contributed by atoms with Crippen LogP contribution in [-0.2, 0) is 24.2 Å². The highest BCUT2D eigenvalue weighted by Gasteiger charge is 2.37. The molecule has 1 N–H and O–H groups in total. The van der Waals surface area contributed by atoms with E-state index in [1.165, 1.54) is 12.1 Å². The van der Waals surface area contributed by atoms with E-state index in [2.05, 4.69) is 5.10 Å². The molecule has 7 nitrogen and oxygen atoms in total. The molecule has 2 heterocycles. The average molecular weight is 558 g/mol. The Bertz CT molecular complexity index is 1210. The molecular weight excluding hydrogens is 516 g/mol. The van der Waals surface area contributed by atoms with Crippen LogP contribution in [0.3, 0.4) is 0 Å². The van der Waals surface area contributed by atoms with E-state index in [-0.39, 0.29) is 56.1 Å². The summed E-state index contributed by atoms with van der Waals surface area (Å²) in [6, 6.07) is 4.61. The Kier molecular flexibility index (Phi) is 8.88. The maximum absolute atomic E-state index is 14.4. The normalized spacial score (nSPS) is 22.6. The molecule has 0 atom stereocenters. The summed E-state index contributed by atoms with van der Waals surface area (Å²) in [6.07, 6.45) is 9.09. The minimum atomic E-state index is -1.62. The molecule has 9 heteroatoms. The molecule has 40 heavy (non-hydrogen) atoms. The monoisotopic (exact) mass is 557 g/mol. The number of rotatable bonds is 9. The van der Waals surface area contributed by atoms with Gasteiger partial charge in [-0.3, -0.25) is 14.3 Å². The average Bonchev–Trinajstić information content (AvgIpc) is 3.32. The van der Waals surface area contributed by atoms with Gasteiger partial charge in [0.05, 0.1) is 19.3 Å². The minimum Gasteiger partial charge on any atom is -0.490 e. The molecule has 0 spiro atoms. The van der Waals surface area contributed by atoms with Crippen molar-refractivity contribution in [1.82, 2.24) is 14.7 Å². The minimum absolute atomic E-state index is 0.118. The highest BCUT2D eigenvalue weighted by atomic mass is 19.1. The molecule has 0 unspecified atom stereocenters. The molecule has 218 valence electrons. The quantitative estimate of drug-likeness (QED) is 0.462. The second-order valence-corrected chi connectivity index (χ2v) is 12.0. The molecule has 1 aromatic heterocycles. The number of halogens is 2. The number of aryl methyl sites for hydroxylation is 1. The van der Waals surface area contributed by atoms with Crippen LogP contribution in [0.1, 0.15) is 91.5 Å². The van der Waals surface area contributed by atoms with Crippen LogP contribution < -0.4 is 4.74 Å². The number of alkyl halides is 1. The summed E-state index contributed by atoms with van der Waals surface area (Å²) >= 11 is 0. The lowest BCUT2D eigenvalue weighted by Gasteiger charge is -2.35. The molecule has 1 aromatic carbocycles. The Labute approximate surface area is 234 Å². The van der Waals surface area contributed by atoms with Gasteiger partial charge in [0.25, 0.3) is 5.91 Å². The number of amides is 1.